The Morgan fingerprint density at radius 3 is 2.00 bits per heavy atom. The molecule has 2 heteroatoms. The molecule has 0 fully saturated rings. The van der Waals surface area contributed by atoms with Gasteiger partial charge in [0.1, 0.15) is 6.10 Å². The van der Waals surface area contributed by atoms with Crippen LogP contribution >= 0.6 is 15.9 Å². The van der Waals surface area contributed by atoms with Gasteiger partial charge in [-0.3, -0.25) is 0 Å². The minimum Gasteiger partial charge on any atom is -0.384 e. The van der Waals surface area contributed by atoms with E-state index in [1.807, 2.05) is 91.0 Å². The quantitative estimate of drug-likeness (QED) is 0.586. The molecule has 1 atom stereocenters. The monoisotopic (exact) mass is 364 g/mol. The Morgan fingerprint density at radius 2 is 1.35 bits per heavy atom. The van der Waals surface area contributed by atoms with Crippen molar-refractivity contribution in [2.24, 2.45) is 0 Å². The van der Waals surface area contributed by atoms with Gasteiger partial charge in [-0.1, -0.05) is 94.8 Å². The largest absolute Gasteiger partial charge is 0.384 e. The molecule has 114 valence electrons. The summed E-state index contributed by atoms with van der Waals surface area (Å²) in [6.45, 7) is 0. The molecule has 0 amide bonds. The smallest absolute Gasteiger partial charge is 0.106 e. The second-order valence-corrected chi connectivity index (χ2v) is 6.15. The summed E-state index contributed by atoms with van der Waals surface area (Å²) in [6.07, 6.45) is 1.34. The summed E-state index contributed by atoms with van der Waals surface area (Å²) in [4.78, 5) is 0. The third-order valence-electron chi connectivity index (χ3n) is 3.72. The van der Waals surface area contributed by atoms with E-state index >= 15 is 0 Å². The number of aliphatic hydroxyl groups is 1. The van der Waals surface area contributed by atoms with Gasteiger partial charge in [-0.2, -0.15) is 0 Å². The average molecular weight is 365 g/mol. The molecule has 0 radical (unpaired) electrons. The molecule has 3 aromatic rings. The standard InChI is InChI=1S/C21H17BrO/c22-20-14-8-7-13-18(20)21(23)19(17-11-5-2-6-12-17)15-16-9-3-1-4-10-16/h1-15,21,23H/b19-15+. The van der Waals surface area contributed by atoms with Crippen LogP contribution in [0.4, 0.5) is 0 Å². The van der Waals surface area contributed by atoms with Crippen molar-refractivity contribution in [3.05, 3.63) is 106 Å². The Labute approximate surface area is 145 Å². The molecule has 1 N–H and O–H groups in total. The van der Waals surface area contributed by atoms with Crippen LogP contribution in [0.2, 0.25) is 0 Å². The van der Waals surface area contributed by atoms with Gasteiger partial charge in [0.05, 0.1) is 0 Å². The summed E-state index contributed by atoms with van der Waals surface area (Å²) in [7, 11) is 0. The van der Waals surface area contributed by atoms with E-state index in [9.17, 15) is 5.11 Å². The lowest BCUT2D eigenvalue weighted by atomic mass is 9.93. The Hall–Kier alpha value is -2.16. The predicted molar refractivity (Wildman–Crippen MR) is 99.9 cm³/mol. The molecule has 0 aliphatic carbocycles. The fourth-order valence-corrected chi connectivity index (χ4v) is 3.05. The lowest BCUT2D eigenvalue weighted by molar-refractivity contribution is 0.238. The van der Waals surface area contributed by atoms with Crippen molar-refractivity contribution in [1.82, 2.24) is 0 Å². The second kappa shape index (κ2) is 7.40. The van der Waals surface area contributed by atoms with Crippen molar-refractivity contribution < 1.29 is 5.11 Å². The molecule has 0 aliphatic rings. The highest BCUT2D eigenvalue weighted by Gasteiger charge is 2.17. The van der Waals surface area contributed by atoms with Crippen LogP contribution in [-0.4, -0.2) is 5.11 Å². The summed E-state index contributed by atoms with van der Waals surface area (Å²) < 4.78 is 0.905. The number of benzene rings is 3. The zero-order valence-electron chi connectivity index (χ0n) is 12.6. The zero-order chi connectivity index (χ0) is 16.1. The van der Waals surface area contributed by atoms with Gasteiger partial charge in [0.15, 0.2) is 0 Å². The molecule has 3 aromatic carbocycles. The highest BCUT2D eigenvalue weighted by atomic mass is 79.9. The van der Waals surface area contributed by atoms with E-state index < -0.39 is 6.10 Å². The maximum absolute atomic E-state index is 11.0. The van der Waals surface area contributed by atoms with Crippen molar-refractivity contribution in [3.8, 4) is 0 Å². The number of halogens is 1. The Balaban J connectivity index is 2.09. The molecule has 0 bridgehead atoms. The van der Waals surface area contributed by atoms with Gasteiger partial charge in [-0.25, -0.2) is 0 Å². The Kier molecular flexibility index (Phi) is 5.06. The fraction of sp³-hybridized carbons (Fsp3) is 0.0476. The molecule has 0 saturated carbocycles. The summed E-state index contributed by atoms with van der Waals surface area (Å²) >= 11 is 3.54. The van der Waals surface area contributed by atoms with E-state index in [1.165, 1.54) is 0 Å². The van der Waals surface area contributed by atoms with E-state index in [1.54, 1.807) is 0 Å². The van der Waals surface area contributed by atoms with Crippen LogP contribution in [0.5, 0.6) is 0 Å². The predicted octanol–water partition coefficient (Wildman–Crippen LogP) is 5.72. The molecular formula is C21H17BrO. The topological polar surface area (TPSA) is 20.2 Å². The molecule has 0 saturated heterocycles. The third-order valence-corrected chi connectivity index (χ3v) is 4.45. The number of rotatable bonds is 4. The van der Waals surface area contributed by atoms with Crippen LogP contribution in [0, 0.1) is 0 Å². The first kappa shape index (κ1) is 15.7. The van der Waals surface area contributed by atoms with Gasteiger partial charge in [-0.15, -0.1) is 0 Å². The number of aliphatic hydroxyl groups excluding tert-OH is 1. The van der Waals surface area contributed by atoms with Crippen LogP contribution < -0.4 is 0 Å². The van der Waals surface area contributed by atoms with Gasteiger partial charge in [-0.05, 0) is 34.4 Å². The van der Waals surface area contributed by atoms with Crippen LogP contribution in [0.25, 0.3) is 11.6 Å². The van der Waals surface area contributed by atoms with E-state index in [4.69, 9.17) is 0 Å². The zero-order valence-corrected chi connectivity index (χ0v) is 14.1. The SMILES string of the molecule is OC(/C(=C/c1ccccc1)c1ccccc1)c1ccccc1Br. The maximum atomic E-state index is 11.0. The molecule has 23 heavy (non-hydrogen) atoms. The molecule has 0 spiro atoms. The van der Waals surface area contributed by atoms with Gasteiger partial charge in [0.25, 0.3) is 0 Å². The van der Waals surface area contributed by atoms with Crippen molar-refractivity contribution >= 4 is 27.6 Å². The van der Waals surface area contributed by atoms with Crippen LogP contribution in [0.1, 0.15) is 22.8 Å². The molecule has 3 rings (SSSR count). The normalized spacial score (nSPS) is 12.9. The molecule has 0 aromatic heterocycles. The molecule has 0 aliphatic heterocycles. The first-order chi connectivity index (χ1) is 11.3. The second-order valence-electron chi connectivity index (χ2n) is 5.30. The lowest BCUT2D eigenvalue weighted by Gasteiger charge is -2.18. The summed E-state index contributed by atoms with van der Waals surface area (Å²) in [5, 5.41) is 11.0. The maximum Gasteiger partial charge on any atom is 0.106 e. The summed E-state index contributed by atoms with van der Waals surface area (Å²) in [6, 6.07) is 27.8. The first-order valence-corrected chi connectivity index (χ1v) is 8.29. The van der Waals surface area contributed by atoms with E-state index in [-0.39, 0.29) is 0 Å². The first-order valence-electron chi connectivity index (χ1n) is 7.50. The van der Waals surface area contributed by atoms with Gasteiger partial charge in [0.2, 0.25) is 0 Å². The van der Waals surface area contributed by atoms with Gasteiger partial charge >= 0.3 is 0 Å². The molecular weight excluding hydrogens is 348 g/mol. The third kappa shape index (κ3) is 3.79. The number of hydrogen-bond acceptors (Lipinski definition) is 1. The van der Waals surface area contributed by atoms with Gasteiger partial charge < -0.3 is 5.11 Å². The molecule has 1 nitrogen and oxygen atoms in total. The Morgan fingerprint density at radius 1 is 0.783 bits per heavy atom. The van der Waals surface area contributed by atoms with Crippen LogP contribution in [0.15, 0.2) is 89.4 Å². The molecule has 1 unspecified atom stereocenters. The van der Waals surface area contributed by atoms with Crippen LogP contribution in [0.3, 0.4) is 0 Å². The van der Waals surface area contributed by atoms with E-state index in [0.717, 1.165) is 26.7 Å². The lowest BCUT2D eigenvalue weighted by Crippen LogP contribution is -2.02. The highest BCUT2D eigenvalue weighted by molar-refractivity contribution is 9.10. The Bertz CT molecular complexity index is 794. The fourth-order valence-electron chi connectivity index (χ4n) is 2.54. The van der Waals surface area contributed by atoms with E-state index in [2.05, 4.69) is 15.9 Å². The highest BCUT2D eigenvalue weighted by Crippen LogP contribution is 2.35. The molecule has 0 heterocycles. The number of hydrogen-bond donors (Lipinski definition) is 1. The minimum absolute atomic E-state index is 0.701. The minimum atomic E-state index is -0.701. The van der Waals surface area contributed by atoms with Crippen LogP contribution in [-0.2, 0) is 0 Å². The summed E-state index contributed by atoms with van der Waals surface area (Å²) in [5.41, 5.74) is 3.82. The van der Waals surface area contributed by atoms with E-state index in [0.29, 0.717) is 0 Å². The average Bonchev–Trinajstić information content (AvgIpc) is 2.61. The van der Waals surface area contributed by atoms with Crippen molar-refractivity contribution in [3.63, 3.8) is 0 Å². The van der Waals surface area contributed by atoms with Crippen molar-refractivity contribution in [2.45, 2.75) is 6.10 Å². The summed E-state index contributed by atoms with van der Waals surface area (Å²) in [5.74, 6) is 0. The van der Waals surface area contributed by atoms with Crippen molar-refractivity contribution in [2.75, 3.05) is 0 Å². The van der Waals surface area contributed by atoms with Gasteiger partial charge in [0, 0.05) is 4.47 Å². The van der Waals surface area contributed by atoms with Crippen molar-refractivity contribution in [1.29, 1.82) is 0 Å².